The summed E-state index contributed by atoms with van der Waals surface area (Å²) in [5.41, 5.74) is 0.664. The van der Waals surface area contributed by atoms with E-state index in [9.17, 15) is 4.79 Å². The SMILES string of the molecule is COCCn1cccc1C(=O)NCCSCCCO. The molecule has 0 bridgehead atoms. The number of aliphatic hydroxyl groups excluding tert-OH is 1. The predicted molar refractivity (Wildman–Crippen MR) is 77.7 cm³/mol. The van der Waals surface area contributed by atoms with Gasteiger partial charge in [-0.3, -0.25) is 4.79 Å². The molecule has 0 aliphatic rings. The van der Waals surface area contributed by atoms with Gasteiger partial charge >= 0.3 is 0 Å². The van der Waals surface area contributed by atoms with E-state index >= 15 is 0 Å². The zero-order chi connectivity index (χ0) is 13.9. The van der Waals surface area contributed by atoms with Crippen LogP contribution in [0.2, 0.25) is 0 Å². The third-order valence-electron chi connectivity index (χ3n) is 2.58. The van der Waals surface area contributed by atoms with E-state index in [1.54, 1.807) is 18.9 Å². The highest BCUT2D eigenvalue weighted by Crippen LogP contribution is 2.03. The molecular weight excluding hydrogens is 264 g/mol. The average molecular weight is 286 g/mol. The van der Waals surface area contributed by atoms with E-state index in [0.717, 1.165) is 17.9 Å². The number of carbonyl (C=O) groups excluding carboxylic acids is 1. The van der Waals surface area contributed by atoms with Crippen LogP contribution in [0.5, 0.6) is 0 Å². The van der Waals surface area contributed by atoms with Gasteiger partial charge < -0.3 is 19.7 Å². The smallest absolute Gasteiger partial charge is 0.267 e. The molecule has 19 heavy (non-hydrogen) atoms. The molecule has 2 N–H and O–H groups in total. The Balaban J connectivity index is 2.27. The molecule has 0 aliphatic heterocycles. The Labute approximate surface area is 118 Å². The number of aromatic nitrogens is 1. The van der Waals surface area contributed by atoms with Crippen molar-refractivity contribution in [2.24, 2.45) is 0 Å². The monoisotopic (exact) mass is 286 g/mol. The lowest BCUT2D eigenvalue weighted by atomic mass is 10.4. The van der Waals surface area contributed by atoms with Crippen molar-refractivity contribution in [1.29, 1.82) is 0 Å². The Morgan fingerprint density at radius 3 is 3.11 bits per heavy atom. The van der Waals surface area contributed by atoms with Crippen LogP contribution in [0.3, 0.4) is 0 Å². The van der Waals surface area contributed by atoms with E-state index in [4.69, 9.17) is 9.84 Å². The second kappa shape index (κ2) is 9.89. The molecule has 0 aromatic carbocycles. The van der Waals surface area contributed by atoms with Crippen molar-refractivity contribution >= 4 is 17.7 Å². The third kappa shape index (κ3) is 6.13. The van der Waals surface area contributed by atoms with E-state index in [2.05, 4.69) is 5.32 Å². The number of amides is 1. The Bertz CT molecular complexity index is 369. The van der Waals surface area contributed by atoms with E-state index < -0.39 is 0 Å². The molecule has 5 nitrogen and oxygen atoms in total. The molecule has 0 saturated carbocycles. The highest BCUT2D eigenvalue weighted by atomic mass is 32.2. The maximum Gasteiger partial charge on any atom is 0.267 e. The second-order valence-corrected chi connectivity index (χ2v) is 5.25. The van der Waals surface area contributed by atoms with Crippen LogP contribution in [-0.2, 0) is 11.3 Å². The van der Waals surface area contributed by atoms with Crippen LogP contribution in [-0.4, -0.2) is 54.0 Å². The standard InChI is InChI=1S/C13H22N2O3S/c1-18-9-7-15-6-2-4-12(15)13(17)14-5-11-19-10-3-8-16/h2,4,6,16H,3,5,7-11H2,1H3,(H,14,17). The fourth-order valence-electron chi connectivity index (χ4n) is 1.60. The van der Waals surface area contributed by atoms with Crippen molar-refractivity contribution in [2.45, 2.75) is 13.0 Å². The van der Waals surface area contributed by atoms with Gasteiger partial charge in [0.15, 0.2) is 0 Å². The van der Waals surface area contributed by atoms with Crippen LogP contribution in [0.4, 0.5) is 0 Å². The molecule has 1 aromatic heterocycles. The summed E-state index contributed by atoms with van der Waals surface area (Å²) in [6, 6.07) is 3.67. The minimum atomic E-state index is -0.0520. The van der Waals surface area contributed by atoms with Crippen molar-refractivity contribution in [2.75, 3.05) is 38.4 Å². The number of hydrogen-bond acceptors (Lipinski definition) is 4. The third-order valence-corrected chi connectivity index (χ3v) is 3.65. The van der Waals surface area contributed by atoms with Gasteiger partial charge in [0.2, 0.25) is 0 Å². The first-order valence-electron chi connectivity index (χ1n) is 6.40. The molecule has 0 spiro atoms. The Hall–Kier alpha value is -0.980. The van der Waals surface area contributed by atoms with Crippen LogP contribution in [0.1, 0.15) is 16.9 Å². The first kappa shape index (κ1) is 16.1. The summed E-state index contributed by atoms with van der Waals surface area (Å²) >= 11 is 1.73. The molecule has 1 aromatic rings. The predicted octanol–water partition coefficient (Wildman–Crippen LogP) is 0.980. The average Bonchev–Trinajstić information content (AvgIpc) is 2.88. The number of carbonyl (C=O) groups is 1. The van der Waals surface area contributed by atoms with Gasteiger partial charge in [-0.2, -0.15) is 11.8 Å². The molecule has 1 amide bonds. The number of methoxy groups -OCH3 is 1. The maximum absolute atomic E-state index is 12.0. The van der Waals surface area contributed by atoms with Gasteiger partial charge in [-0.05, 0) is 24.3 Å². The zero-order valence-corrected chi connectivity index (χ0v) is 12.1. The van der Waals surface area contributed by atoms with Crippen LogP contribution in [0, 0.1) is 0 Å². The molecule has 0 unspecified atom stereocenters. The summed E-state index contributed by atoms with van der Waals surface area (Å²) in [7, 11) is 1.65. The Kier molecular flexibility index (Phi) is 8.36. The first-order chi connectivity index (χ1) is 9.29. The number of thioether (sulfide) groups is 1. The van der Waals surface area contributed by atoms with E-state index in [-0.39, 0.29) is 12.5 Å². The van der Waals surface area contributed by atoms with Crippen molar-refractivity contribution in [3.8, 4) is 0 Å². The van der Waals surface area contributed by atoms with Crippen molar-refractivity contribution in [3.63, 3.8) is 0 Å². The topological polar surface area (TPSA) is 63.5 Å². The lowest BCUT2D eigenvalue weighted by Gasteiger charge is -2.09. The molecule has 0 aliphatic carbocycles. The summed E-state index contributed by atoms with van der Waals surface area (Å²) in [5, 5.41) is 11.5. The maximum atomic E-state index is 12.0. The van der Waals surface area contributed by atoms with Crippen LogP contribution < -0.4 is 5.32 Å². The molecule has 1 rings (SSSR count). The number of hydrogen-bond donors (Lipinski definition) is 2. The van der Waals surface area contributed by atoms with Crippen molar-refractivity contribution < 1.29 is 14.6 Å². The van der Waals surface area contributed by atoms with Gasteiger partial charge in [0.05, 0.1) is 6.61 Å². The number of ether oxygens (including phenoxy) is 1. The van der Waals surface area contributed by atoms with E-state index in [1.807, 2.05) is 22.9 Å². The molecule has 108 valence electrons. The first-order valence-corrected chi connectivity index (χ1v) is 7.56. The Morgan fingerprint density at radius 1 is 1.53 bits per heavy atom. The van der Waals surface area contributed by atoms with Gasteiger partial charge in [-0.1, -0.05) is 0 Å². The quantitative estimate of drug-likeness (QED) is 0.629. The van der Waals surface area contributed by atoms with Crippen LogP contribution >= 0.6 is 11.8 Å². The van der Waals surface area contributed by atoms with Gasteiger partial charge in [-0.15, -0.1) is 0 Å². The summed E-state index contributed by atoms with van der Waals surface area (Å²) in [5.74, 6) is 1.74. The zero-order valence-electron chi connectivity index (χ0n) is 11.3. The molecule has 1 heterocycles. The van der Waals surface area contributed by atoms with E-state index in [1.165, 1.54) is 0 Å². The second-order valence-electron chi connectivity index (χ2n) is 4.03. The molecule has 0 fully saturated rings. The molecule has 0 radical (unpaired) electrons. The summed E-state index contributed by atoms with van der Waals surface area (Å²) in [4.78, 5) is 12.0. The van der Waals surface area contributed by atoms with Crippen LogP contribution in [0.15, 0.2) is 18.3 Å². The lowest BCUT2D eigenvalue weighted by molar-refractivity contribution is 0.0944. The Morgan fingerprint density at radius 2 is 2.37 bits per heavy atom. The molecular formula is C13H22N2O3S. The van der Waals surface area contributed by atoms with Crippen molar-refractivity contribution in [3.05, 3.63) is 24.0 Å². The van der Waals surface area contributed by atoms with Gasteiger partial charge in [0, 0.05) is 38.8 Å². The highest BCUT2D eigenvalue weighted by molar-refractivity contribution is 7.99. The summed E-state index contributed by atoms with van der Waals surface area (Å²) in [6.45, 7) is 2.14. The molecule has 0 atom stereocenters. The minimum Gasteiger partial charge on any atom is -0.396 e. The lowest BCUT2D eigenvalue weighted by Crippen LogP contribution is -2.28. The number of rotatable bonds is 10. The molecule has 6 heteroatoms. The van der Waals surface area contributed by atoms with Crippen molar-refractivity contribution in [1.82, 2.24) is 9.88 Å². The van der Waals surface area contributed by atoms with Gasteiger partial charge in [0.25, 0.3) is 5.91 Å². The number of aliphatic hydroxyl groups is 1. The molecule has 0 saturated heterocycles. The van der Waals surface area contributed by atoms with Gasteiger partial charge in [-0.25, -0.2) is 0 Å². The summed E-state index contributed by atoms with van der Waals surface area (Å²) in [6.07, 6.45) is 2.68. The summed E-state index contributed by atoms with van der Waals surface area (Å²) < 4.78 is 6.90. The minimum absolute atomic E-state index is 0.0520. The largest absolute Gasteiger partial charge is 0.396 e. The number of nitrogens with one attached hydrogen (secondary N) is 1. The number of nitrogens with zero attached hydrogens (tertiary/aromatic N) is 1. The normalized spacial score (nSPS) is 10.6. The van der Waals surface area contributed by atoms with Gasteiger partial charge in [0.1, 0.15) is 5.69 Å². The highest BCUT2D eigenvalue weighted by Gasteiger charge is 2.09. The fourth-order valence-corrected chi connectivity index (χ4v) is 2.38. The fraction of sp³-hybridized carbons (Fsp3) is 0.615. The van der Waals surface area contributed by atoms with Crippen LogP contribution in [0.25, 0.3) is 0 Å². The van der Waals surface area contributed by atoms with E-state index in [0.29, 0.717) is 25.4 Å².